The summed E-state index contributed by atoms with van der Waals surface area (Å²) in [6.45, 7) is 3.76. The van der Waals surface area contributed by atoms with E-state index in [0.717, 1.165) is 31.3 Å². The van der Waals surface area contributed by atoms with Gasteiger partial charge in [0.05, 0.1) is 19.0 Å². The summed E-state index contributed by atoms with van der Waals surface area (Å²) in [6.07, 6.45) is 1.98. The molecule has 0 bridgehead atoms. The molecule has 1 saturated heterocycles. The molecule has 43 heavy (non-hydrogen) atoms. The number of ether oxygens (including phenoxy) is 3. The molecule has 2 heterocycles. The van der Waals surface area contributed by atoms with Crippen LogP contribution in [0, 0.1) is 6.92 Å². The Labute approximate surface area is 255 Å². The van der Waals surface area contributed by atoms with E-state index in [0.29, 0.717) is 44.4 Å². The Morgan fingerprint density at radius 1 is 0.977 bits per heavy atom. The number of methoxy groups -OCH3 is 1. The fourth-order valence-corrected chi connectivity index (χ4v) is 5.38. The minimum absolute atomic E-state index is 0.0310. The number of amides is 1. The first-order chi connectivity index (χ1) is 20.8. The van der Waals surface area contributed by atoms with Crippen LogP contribution in [0.3, 0.4) is 0 Å². The van der Waals surface area contributed by atoms with Crippen molar-refractivity contribution in [3.05, 3.63) is 94.1 Å². The molecule has 5 rings (SSSR count). The van der Waals surface area contributed by atoms with E-state index >= 15 is 0 Å². The van der Waals surface area contributed by atoms with Crippen molar-refractivity contribution in [3.8, 4) is 11.5 Å². The van der Waals surface area contributed by atoms with E-state index in [-0.39, 0.29) is 37.5 Å². The van der Waals surface area contributed by atoms with Crippen molar-refractivity contribution in [2.45, 2.75) is 32.2 Å². The number of benzene rings is 3. The second kappa shape index (κ2) is 13.8. The number of halogens is 1. The lowest BCUT2D eigenvalue weighted by molar-refractivity contribution is -0.143. The number of rotatable bonds is 10. The molecule has 1 aliphatic rings. The SMILES string of the molecule is COc1ccc2c(c1)c(CC(=O)OCCOc1ccc(C(=O)NC3CCCNC3)cc1)c(C)n2C(=O)c1ccc(Cl)cc1. The number of piperidine rings is 1. The normalized spacial score (nSPS) is 14.7. The van der Waals surface area contributed by atoms with Crippen LogP contribution in [0.25, 0.3) is 10.9 Å². The molecule has 4 aromatic rings. The van der Waals surface area contributed by atoms with Gasteiger partial charge >= 0.3 is 5.97 Å². The first-order valence-electron chi connectivity index (χ1n) is 14.2. The van der Waals surface area contributed by atoms with E-state index in [9.17, 15) is 14.4 Å². The molecule has 224 valence electrons. The summed E-state index contributed by atoms with van der Waals surface area (Å²) in [6, 6.07) is 19.1. The average molecular weight is 604 g/mol. The van der Waals surface area contributed by atoms with E-state index in [1.165, 1.54) is 0 Å². The van der Waals surface area contributed by atoms with Gasteiger partial charge in [0.25, 0.3) is 11.8 Å². The van der Waals surface area contributed by atoms with E-state index in [4.69, 9.17) is 25.8 Å². The molecule has 1 aromatic heterocycles. The lowest BCUT2D eigenvalue weighted by Gasteiger charge is -2.23. The zero-order valence-corrected chi connectivity index (χ0v) is 24.9. The number of aromatic nitrogens is 1. The van der Waals surface area contributed by atoms with Crippen LogP contribution in [-0.2, 0) is 16.0 Å². The quantitative estimate of drug-likeness (QED) is 0.195. The Kier molecular flexibility index (Phi) is 9.64. The van der Waals surface area contributed by atoms with Crippen LogP contribution in [0.1, 0.15) is 44.8 Å². The van der Waals surface area contributed by atoms with Crippen molar-refractivity contribution in [2.75, 3.05) is 33.4 Å². The van der Waals surface area contributed by atoms with Crippen molar-refractivity contribution in [2.24, 2.45) is 0 Å². The van der Waals surface area contributed by atoms with Crippen LogP contribution in [0.5, 0.6) is 11.5 Å². The second-order valence-electron chi connectivity index (χ2n) is 10.4. The monoisotopic (exact) mass is 603 g/mol. The topological polar surface area (TPSA) is 108 Å². The predicted molar refractivity (Wildman–Crippen MR) is 164 cm³/mol. The Bertz CT molecular complexity index is 1610. The summed E-state index contributed by atoms with van der Waals surface area (Å²) < 4.78 is 18.2. The van der Waals surface area contributed by atoms with Gasteiger partial charge in [-0.2, -0.15) is 0 Å². The average Bonchev–Trinajstić information content (AvgIpc) is 3.29. The lowest BCUT2D eigenvalue weighted by atomic mass is 10.1. The first kappa shape index (κ1) is 30.1. The molecule has 1 fully saturated rings. The van der Waals surface area contributed by atoms with Gasteiger partial charge < -0.3 is 24.8 Å². The Morgan fingerprint density at radius 2 is 1.70 bits per heavy atom. The number of hydrogen-bond acceptors (Lipinski definition) is 7. The van der Waals surface area contributed by atoms with Gasteiger partial charge in [0.15, 0.2) is 0 Å². The number of nitrogens with zero attached hydrogens (tertiary/aromatic N) is 1. The molecule has 1 amide bonds. The molecule has 3 aromatic carbocycles. The van der Waals surface area contributed by atoms with Gasteiger partial charge in [-0.25, -0.2) is 0 Å². The number of esters is 1. The third-order valence-electron chi connectivity index (χ3n) is 7.52. The molecule has 0 aliphatic carbocycles. The van der Waals surface area contributed by atoms with E-state index < -0.39 is 5.97 Å². The van der Waals surface area contributed by atoms with Crippen molar-refractivity contribution in [1.29, 1.82) is 0 Å². The number of nitrogens with one attached hydrogen (secondary N) is 2. The number of hydrogen-bond donors (Lipinski definition) is 2. The Balaban J connectivity index is 1.19. The zero-order valence-electron chi connectivity index (χ0n) is 24.2. The maximum atomic E-state index is 13.5. The smallest absolute Gasteiger partial charge is 0.310 e. The van der Waals surface area contributed by atoms with Crippen molar-refractivity contribution >= 4 is 40.3 Å². The Hall–Kier alpha value is -4.34. The van der Waals surface area contributed by atoms with Crippen LogP contribution in [0.4, 0.5) is 0 Å². The summed E-state index contributed by atoms with van der Waals surface area (Å²) in [5.41, 5.74) is 3.02. The molecule has 0 spiro atoms. The van der Waals surface area contributed by atoms with Crippen molar-refractivity contribution in [3.63, 3.8) is 0 Å². The van der Waals surface area contributed by atoms with Gasteiger partial charge in [-0.1, -0.05) is 11.6 Å². The third kappa shape index (κ3) is 7.18. The third-order valence-corrected chi connectivity index (χ3v) is 7.77. The number of carbonyl (C=O) groups excluding carboxylic acids is 3. The molecule has 0 radical (unpaired) electrons. The molecule has 1 unspecified atom stereocenters. The highest BCUT2D eigenvalue weighted by atomic mass is 35.5. The minimum atomic E-state index is -0.447. The maximum Gasteiger partial charge on any atom is 0.310 e. The van der Waals surface area contributed by atoms with Gasteiger partial charge in [0.1, 0.15) is 24.7 Å². The van der Waals surface area contributed by atoms with Gasteiger partial charge in [-0.3, -0.25) is 19.0 Å². The van der Waals surface area contributed by atoms with Crippen LogP contribution in [0.15, 0.2) is 66.7 Å². The highest BCUT2D eigenvalue weighted by molar-refractivity contribution is 6.30. The molecule has 0 saturated carbocycles. The second-order valence-corrected chi connectivity index (χ2v) is 10.8. The largest absolute Gasteiger partial charge is 0.497 e. The van der Waals surface area contributed by atoms with Gasteiger partial charge in [-0.05, 0) is 98.6 Å². The number of fused-ring (bicyclic) bond motifs is 1. The van der Waals surface area contributed by atoms with Crippen LogP contribution >= 0.6 is 11.6 Å². The van der Waals surface area contributed by atoms with Gasteiger partial charge in [0, 0.05) is 39.8 Å². The highest BCUT2D eigenvalue weighted by Crippen LogP contribution is 2.31. The molecule has 1 atom stereocenters. The summed E-state index contributed by atoms with van der Waals surface area (Å²) in [4.78, 5) is 38.9. The van der Waals surface area contributed by atoms with Crippen molar-refractivity contribution < 1.29 is 28.6 Å². The summed E-state index contributed by atoms with van der Waals surface area (Å²) in [7, 11) is 1.56. The molecular formula is C33H34ClN3O6. The van der Waals surface area contributed by atoms with Crippen LogP contribution in [-0.4, -0.2) is 61.8 Å². The zero-order chi connectivity index (χ0) is 30.3. The molecule has 9 nitrogen and oxygen atoms in total. The van der Waals surface area contributed by atoms with Gasteiger partial charge in [-0.15, -0.1) is 0 Å². The molecule has 2 N–H and O–H groups in total. The summed E-state index contributed by atoms with van der Waals surface area (Å²) in [5.74, 6) is 0.390. The molecule has 1 aliphatic heterocycles. The predicted octanol–water partition coefficient (Wildman–Crippen LogP) is 4.95. The first-order valence-corrected chi connectivity index (χ1v) is 14.6. The van der Waals surface area contributed by atoms with E-state index in [1.807, 2.05) is 13.0 Å². The van der Waals surface area contributed by atoms with Crippen LogP contribution in [0.2, 0.25) is 5.02 Å². The highest BCUT2D eigenvalue weighted by Gasteiger charge is 2.23. The molecule has 10 heteroatoms. The standard InChI is InChI=1S/C33H34ClN3O6/c1-21-28(29-18-27(41-2)13-14-30(29)37(21)33(40)23-5-9-24(34)10-6-23)19-31(38)43-17-16-42-26-11-7-22(8-12-26)32(39)36-25-4-3-15-35-20-25/h5-14,18,25,35H,3-4,15-17,19-20H2,1-2H3,(H,36,39). The number of carbonyl (C=O) groups is 3. The van der Waals surface area contributed by atoms with E-state index in [1.54, 1.807) is 72.3 Å². The minimum Gasteiger partial charge on any atom is -0.497 e. The van der Waals surface area contributed by atoms with Crippen LogP contribution < -0.4 is 20.1 Å². The fourth-order valence-electron chi connectivity index (χ4n) is 5.25. The Morgan fingerprint density at radius 3 is 2.40 bits per heavy atom. The summed E-state index contributed by atoms with van der Waals surface area (Å²) in [5, 5.41) is 7.60. The maximum absolute atomic E-state index is 13.5. The van der Waals surface area contributed by atoms with E-state index in [2.05, 4.69) is 10.6 Å². The lowest BCUT2D eigenvalue weighted by Crippen LogP contribution is -2.45. The molecular weight excluding hydrogens is 570 g/mol. The summed E-state index contributed by atoms with van der Waals surface area (Å²) >= 11 is 6.01. The fraction of sp³-hybridized carbons (Fsp3) is 0.303. The van der Waals surface area contributed by atoms with Gasteiger partial charge in [0.2, 0.25) is 0 Å². The van der Waals surface area contributed by atoms with Crippen molar-refractivity contribution in [1.82, 2.24) is 15.2 Å².